The molecule has 1 fully saturated rings. The Morgan fingerprint density at radius 2 is 1.76 bits per heavy atom. The van der Waals surface area contributed by atoms with E-state index in [4.69, 9.17) is 14.2 Å². The van der Waals surface area contributed by atoms with Crippen LogP contribution in [-0.2, 0) is 48.3 Å². The van der Waals surface area contributed by atoms with E-state index in [1.807, 2.05) is 75.4 Å². The molecule has 14 nitrogen and oxygen atoms in total. The van der Waals surface area contributed by atoms with E-state index < -0.39 is 17.5 Å². The van der Waals surface area contributed by atoms with Gasteiger partial charge in [-0.3, -0.25) is 19.1 Å². The van der Waals surface area contributed by atoms with Gasteiger partial charge in [-0.2, -0.15) is 0 Å². The van der Waals surface area contributed by atoms with Gasteiger partial charge >= 0.3 is 0 Å². The van der Waals surface area contributed by atoms with Crippen molar-refractivity contribution in [1.82, 2.24) is 40.8 Å². The molecule has 1 saturated heterocycles. The Morgan fingerprint density at radius 1 is 1.04 bits per heavy atom. The van der Waals surface area contributed by atoms with Crippen LogP contribution in [0, 0.1) is 12.3 Å². The SMILES string of the molecule is CNCCCn1cc(COCCOCCOCCC(=O)NC(C(=O)N2CCCC2C(=O)NCc2ccc(-c3scnc3C)cc2)C(C)(C)C)nn1. The molecule has 0 spiro atoms. The van der Waals surface area contributed by atoms with Crippen LogP contribution in [0.5, 0.6) is 0 Å². The molecule has 1 aliphatic heterocycles. The lowest BCUT2D eigenvalue weighted by molar-refractivity contribution is -0.144. The van der Waals surface area contributed by atoms with Gasteiger partial charge in [0.15, 0.2) is 0 Å². The second-order valence-corrected chi connectivity index (χ2v) is 14.5. The van der Waals surface area contributed by atoms with Gasteiger partial charge in [-0.05, 0) is 56.3 Å². The van der Waals surface area contributed by atoms with Gasteiger partial charge in [0, 0.05) is 26.1 Å². The summed E-state index contributed by atoms with van der Waals surface area (Å²) in [5, 5.41) is 17.2. The molecule has 280 valence electrons. The predicted molar refractivity (Wildman–Crippen MR) is 195 cm³/mol. The fourth-order valence-electron chi connectivity index (χ4n) is 5.72. The van der Waals surface area contributed by atoms with Crippen molar-refractivity contribution >= 4 is 29.1 Å². The maximum Gasteiger partial charge on any atom is 0.246 e. The topological polar surface area (TPSA) is 162 Å². The van der Waals surface area contributed by atoms with Crippen molar-refractivity contribution in [1.29, 1.82) is 0 Å². The number of nitrogens with one attached hydrogen (secondary N) is 3. The highest BCUT2D eigenvalue weighted by atomic mass is 32.1. The van der Waals surface area contributed by atoms with Crippen LogP contribution in [0.4, 0.5) is 0 Å². The third-order valence-electron chi connectivity index (χ3n) is 8.55. The van der Waals surface area contributed by atoms with Gasteiger partial charge in [0.05, 0.1) is 61.9 Å². The number of thiazole rings is 1. The second kappa shape index (κ2) is 20.3. The molecule has 51 heavy (non-hydrogen) atoms. The summed E-state index contributed by atoms with van der Waals surface area (Å²) < 4.78 is 18.6. The Kier molecular flexibility index (Phi) is 15.9. The molecule has 3 aromatic rings. The molecule has 0 bridgehead atoms. The van der Waals surface area contributed by atoms with Gasteiger partial charge in [0.2, 0.25) is 17.7 Å². The number of carbonyl (C=O) groups is 3. The monoisotopic (exact) mass is 726 g/mol. The second-order valence-electron chi connectivity index (χ2n) is 13.7. The standard InChI is InChI=1S/C36H54N8O6S/c1-26-32(51-25-39-26)28-11-9-27(10-12-28)22-38-34(46)30-8-6-16-44(30)35(47)33(36(2,3)4)40-31(45)13-17-48-18-19-49-20-21-50-24-29-23-43(42-41-29)15-7-14-37-5/h9-12,23,25,30,33,37H,6-8,13-22,24H2,1-5H3,(H,38,46)(H,40,45). The average Bonchev–Trinajstić information content (AvgIpc) is 3.88. The number of rotatable bonds is 21. The fourth-order valence-corrected chi connectivity index (χ4v) is 6.54. The van der Waals surface area contributed by atoms with Crippen molar-refractivity contribution in [2.75, 3.05) is 53.2 Å². The Hall–Kier alpha value is -3.76. The van der Waals surface area contributed by atoms with Gasteiger partial charge in [0.25, 0.3) is 0 Å². The zero-order valence-corrected chi connectivity index (χ0v) is 31.4. The zero-order chi connectivity index (χ0) is 36.6. The lowest BCUT2D eigenvalue weighted by Crippen LogP contribution is -2.57. The number of hydrogen-bond acceptors (Lipinski definition) is 11. The molecule has 0 radical (unpaired) electrons. The molecule has 2 unspecified atom stereocenters. The molecule has 0 saturated carbocycles. The van der Waals surface area contributed by atoms with Crippen molar-refractivity contribution in [2.24, 2.45) is 5.41 Å². The largest absolute Gasteiger partial charge is 0.379 e. The quantitative estimate of drug-likeness (QED) is 0.139. The number of carbonyl (C=O) groups excluding carboxylic acids is 3. The van der Waals surface area contributed by atoms with E-state index in [1.54, 1.807) is 16.2 Å². The number of hydrogen-bond donors (Lipinski definition) is 3. The lowest BCUT2D eigenvalue weighted by atomic mass is 9.85. The number of aromatic nitrogens is 4. The maximum absolute atomic E-state index is 13.8. The van der Waals surface area contributed by atoms with Crippen LogP contribution in [0.1, 0.15) is 63.4 Å². The predicted octanol–water partition coefficient (Wildman–Crippen LogP) is 3.10. The van der Waals surface area contributed by atoms with Crippen LogP contribution in [0.15, 0.2) is 36.0 Å². The minimum Gasteiger partial charge on any atom is -0.379 e. The summed E-state index contributed by atoms with van der Waals surface area (Å²) in [5.74, 6) is -0.720. The molecule has 2 aromatic heterocycles. The van der Waals surface area contributed by atoms with Crippen LogP contribution in [0.25, 0.3) is 10.4 Å². The molecule has 3 heterocycles. The van der Waals surface area contributed by atoms with Crippen molar-refractivity contribution < 1.29 is 28.6 Å². The van der Waals surface area contributed by atoms with E-state index in [0.717, 1.165) is 53.3 Å². The van der Waals surface area contributed by atoms with Crippen molar-refractivity contribution in [3.63, 3.8) is 0 Å². The summed E-state index contributed by atoms with van der Waals surface area (Å²) in [6.45, 7) is 12.4. The molecular formula is C36H54N8O6S. The highest BCUT2D eigenvalue weighted by Gasteiger charge is 2.41. The number of amides is 3. The van der Waals surface area contributed by atoms with Gasteiger partial charge in [-0.25, -0.2) is 4.98 Å². The molecule has 1 aromatic carbocycles. The number of nitrogens with zero attached hydrogens (tertiary/aromatic N) is 5. The average molecular weight is 727 g/mol. The summed E-state index contributed by atoms with van der Waals surface area (Å²) in [5.41, 5.74) is 5.11. The number of benzene rings is 1. The Balaban J connectivity index is 1.12. The number of likely N-dealkylation sites (tertiary alicyclic amines) is 1. The van der Waals surface area contributed by atoms with Gasteiger partial charge < -0.3 is 35.1 Å². The molecule has 3 N–H and O–H groups in total. The van der Waals surface area contributed by atoms with E-state index in [-0.39, 0.29) is 30.7 Å². The minimum absolute atomic E-state index is 0.101. The first-order valence-electron chi connectivity index (χ1n) is 17.7. The molecule has 4 rings (SSSR count). The summed E-state index contributed by atoms with van der Waals surface area (Å²) >= 11 is 1.60. The van der Waals surface area contributed by atoms with Crippen LogP contribution in [0.3, 0.4) is 0 Å². The molecule has 1 aliphatic rings. The van der Waals surface area contributed by atoms with E-state index >= 15 is 0 Å². The fraction of sp³-hybridized carbons (Fsp3) is 0.611. The molecule has 15 heteroatoms. The summed E-state index contributed by atoms with van der Waals surface area (Å²) in [7, 11) is 1.92. The van der Waals surface area contributed by atoms with E-state index in [0.29, 0.717) is 52.5 Å². The van der Waals surface area contributed by atoms with Gasteiger partial charge in [0.1, 0.15) is 17.8 Å². The van der Waals surface area contributed by atoms with E-state index in [1.165, 1.54) is 0 Å². The lowest BCUT2D eigenvalue weighted by Gasteiger charge is -2.35. The van der Waals surface area contributed by atoms with E-state index in [2.05, 4.69) is 31.2 Å². The first-order chi connectivity index (χ1) is 24.6. The third-order valence-corrected chi connectivity index (χ3v) is 9.53. The normalized spacial score (nSPS) is 15.2. The summed E-state index contributed by atoms with van der Waals surface area (Å²) in [4.78, 5) is 47.1. The molecule has 0 aliphatic carbocycles. The van der Waals surface area contributed by atoms with Gasteiger partial charge in [-0.1, -0.05) is 50.3 Å². The summed E-state index contributed by atoms with van der Waals surface area (Å²) in [6, 6.07) is 6.69. The smallest absolute Gasteiger partial charge is 0.246 e. The highest BCUT2D eigenvalue weighted by Crippen LogP contribution is 2.28. The van der Waals surface area contributed by atoms with Crippen LogP contribution >= 0.6 is 11.3 Å². The summed E-state index contributed by atoms with van der Waals surface area (Å²) in [6.07, 6.45) is 4.26. The molecule has 2 atom stereocenters. The first-order valence-corrected chi connectivity index (χ1v) is 18.6. The third kappa shape index (κ3) is 12.8. The number of aryl methyl sites for hydroxylation is 2. The maximum atomic E-state index is 13.8. The van der Waals surface area contributed by atoms with Crippen LogP contribution in [-0.4, -0.2) is 108 Å². The highest BCUT2D eigenvalue weighted by molar-refractivity contribution is 7.13. The van der Waals surface area contributed by atoms with Crippen molar-refractivity contribution in [2.45, 2.75) is 85.2 Å². The molecular weight excluding hydrogens is 673 g/mol. The minimum atomic E-state index is -0.785. The zero-order valence-electron chi connectivity index (χ0n) is 30.6. The van der Waals surface area contributed by atoms with Crippen LogP contribution in [0.2, 0.25) is 0 Å². The molecule has 3 amide bonds. The van der Waals surface area contributed by atoms with Gasteiger partial charge in [-0.15, -0.1) is 16.4 Å². The number of ether oxygens (including phenoxy) is 3. The Bertz CT molecular complexity index is 1520. The van der Waals surface area contributed by atoms with Crippen LogP contribution < -0.4 is 16.0 Å². The van der Waals surface area contributed by atoms with Crippen molar-refractivity contribution in [3.05, 3.63) is 52.9 Å². The van der Waals surface area contributed by atoms with E-state index in [9.17, 15) is 14.4 Å². The van der Waals surface area contributed by atoms with Crippen molar-refractivity contribution in [3.8, 4) is 10.4 Å². The Labute approximate surface area is 305 Å². The Morgan fingerprint density at radius 3 is 2.45 bits per heavy atom. The first kappa shape index (κ1) is 40.0.